The van der Waals surface area contributed by atoms with E-state index in [1.54, 1.807) is 11.3 Å². The molecule has 0 fully saturated rings. The van der Waals surface area contributed by atoms with Gasteiger partial charge < -0.3 is 10.3 Å². The summed E-state index contributed by atoms with van der Waals surface area (Å²) in [5.41, 5.74) is 9.88. The first-order valence-corrected chi connectivity index (χ1v) is 7.03. The van der Waals surface area contributed by atoms with E-state index in [2.05, 4.69) is 10.5 Å². The number of aryl methyl sites for hydroxylation is 1. The van der Waals surface area contributed by atoms with E-state index in [1.165, 1.54) is 0 Å². The van der Waals surface area contributed by atoms with Crippen LogP contribution in [-0.2, 0) is 0 Å². The van der Waals surface area contributed by atoms with Gasteiger partial charge in [-0.1, -0.05) is 28.9 Å². The molecule has 3 nitrogen and oxygen atoms in total. The van der Waals surface area contributed by atoms with Crippen LogP contribution in [0.25, 0.3) is 22.5 Å². The largest absolute Gasteiger partial charge is 0.380 e. The van der Waals surface area contributed by atoms with Gasteiger partial charge in [-0.15, -0.1) is 0 Å². The van der Waals surface area contributed by atoms with E-state index in [1.807, 2.05) is 36.6 Å². The topological polar surface area (TPSA) is 52.0 Å². The minimum Gasteiger partial charge on any atom is -0.380 e. The van der Waals surface area contributed by atoms with Crippen molar-refractivity contribution in [1.29, 1.82) is 0 Å². The van der Waals surface area contributed by atoms with Crippen molar-refractivity contribution in [1.82, 2.24) is 5.16 Å². The van der Waals surface area contributed by atoms with Crippen LogP contribution >= 0.6 is 22.9 Å². The molecular formula is C14H11ClN2OS. The SMILES string of the molecule is Cc1cscc1-c1onc(N)c1-c1ccc(Cl)cc1. The molecule has 3 aromatic rings. The zero-order chi connectivity index (χ0) is 13.4. The van der Waals surface area contributed by atoms with Crippen LogP contribution in [0.4, 0.5) is 5.82 Å². The Morgan fingerprint density at radius 2 is 1.95 bits per heavy atom. The van der Waals surface area contributed by atoms with Crippen LogP contribution in [0.3, 0.4) is 0 Å². The van der Waals surface area contributed by atoms with Crippen molar-refractivity contribution in [3.8, 4) is 22.5 Å². The molecule has 0 unspecified atom stereocenters. The van der Waals surface area contributed by atoms with Gasteiger partial charge in [0.1, 0.15) is 0 Å². The predicted octanol–water partition coefficient (Wildman–Crippen LogP) is 4.61. The number of anilines is 1. The second-order valence-electron chi connectivity index (χ2n) is 4.25. The number of nitrogen functional groups attached to an aromatic ring is 1. The van der Waals surface area contributed by atoms with Gasteiger partial charge in [0.25, 0.3) is 0 Å². The monoisotopic (exact) mass is 290 g/mol. The van der Waals surface area contributed by atoms with Crippen LogP contribution in [0.1, 0.15) is 5.56 Å². The normalized spacial score (nSPS) is 10.8. The molecular weight excluding hydrogens is 280 g/mol. The molecule has 96 valence electrons. The number of hydrogen-bond acceptors (Lipinski definition) is 4. The molecule has 0 bridgehead atoms. The van der Waals surface area contributed by atoms with E-state index in [0.717, 1.165) is 22.3 Å². The molecule has 2 N–H and O–H groups in total. The maximum absolute atomic E-state index is 5.93. The summed E-state index contributed by atoms with van der Waals surface area (Å²) < 4.78 is 5.40. The maximum Gasteiger partial charge on any atom is 0.178 e. The number of benzene rings is 1. The van der Waals surface area contributed by atoms with E-state index in [4.69, 9.17) is 21.9 Å². The first-order chi connectivity index (χ1) is 9.16. The average molecular weight is 291 g/mol. The summed E-state index contributed by atoms with van der Waals surface area (Å²) in [5.74, 6) is 1.10. The van der Waals surface area contributed by atoms with E-state index in [-0.39, 0.29) is 0 Å². The molecule has 0 radical (unpaired) electrons. The number of nitrogens with zero attached hydrogens (tertiary/aromatic N) is 1. The van der Waals surface area contributed by atoms with E-state index < -0.39 is 0 Å². The molecule has 2 heterocycles. The van der Waals surface area contributed by atoms with Crippen molar-refractivity contribution in [2.45, 2.75) is 6.92 Å². The molecule has 5 heteroatoms. The van der Waals surface area contributed by atoms with Gasteiger partial charge in [0.15, 0.2) is 11.6 Å². The lowest BCUT2D eigenvalue weighted by molar-refractivity contribution is 0.436. The smallest absolute Gasteiger partial charge is 0.178 e. The fraction of sp³-hybridized carbons (Fsp3) is 0.0714. The lowest BCUT2D eigenvalue weighted by Crippen LogP contribution is -1.88. The molecule has 19 heavy (non-hydrogen) atoms. The van der Waals surface area contributed by atoms with E-state index in [9.17, 15) is 0 Å². The van der Waals surface area contributed by atoms with Crippen molar-refractivity contribution in [3.63, 3.8) is 0 Å². The molecule has 0 aliphatic rings. The number of aromatic nitrogens is 1. The number of halogens is 1. The molecule has 3 rings (SSSR count). The summed E-state index contributed by atoms with van der Waals surface area (Å²) in [5, 5.41) is 8.68. The molecule has 0 aliphatic carbocycles. The highest BCUT2D eigenvalue weighted by molar-refractivity contribution is 7.08. The minimum atomic E-state index is 0.392. The number of hydrogen-bond donors (Lipinski definition) is 1. The second-order valence-corrected chi connectivity index (χ2v) is 5.43. The molecule has 0 atom stereocenters. The standard InChI is InChI=1S/C14H11ClN2OS/c1-8-6-19-7-11(8)13-12(14(16)17-18-13)9-2-4-10(15)5-3-9/h2-7H,1H3,(H2,16,17). The van der Waals surface area contributed by atoms with Crippen LogP contribution in [0.2, 0.25) is 5.02 Å². The van der Waals surface area contributed by atoms with Crippen LogP contribution in [0.5, 0.6) is 0 Å². The number of rotatable bonds is 2. The van der Waals surface area contributed by atoms with Gasteiger partial charge in [0.05, 0.1) is 5.56 Å². The zero-order valence-electron chi connectivity index (χ0n) is 10.2. The highest BCUT2D eigenvalue weighted by atomic mass is 35.5. The highest BCUT2D eigenvalue weighted by Crippen LogP contribution is 2.39. The van der Waals surface area contributed by atoms with Gasteiger partial charge in [0, 0.05) is 16.0 Å². The van der Waals surface area contributed by atoms with Crippen LogP contribution in [0, 0.1) is 6.92 Å². The van der Waals surface area contributed by atoms with Crippen molar-refractivity contribution >= 4 is 28.8 Å². The lowest BCUT2D eigenvalue weighted by Gasteiger charge is -2.02. The number of thiophene rings is 1. The zero-order valence-corrected chi connectivity index (χ0v) is 11.8. The Hall–Kier alpha value is -1.78. The Bertz CT molecular complexity index is 715. The minimum absolute atomic E-state index is 0.392. The Morgan fingerprint density at radius 1 is 1.21 bits per heavy atom. The molecule has 0 spiro atoms. The van der Waals surface area contributed by atoms with Crippen molar-refractivity contribution in [3.05, 3.63) is 45.6 Å². The molecule has 2 aromatic heterocycles. The van der Waals surface area contributed by atoms with E-state index in [0.29, 0.717) is 16.6 Å². The Balaban J connectivity index is 2.19. The lowest BCUT2D eigenvalue weighted by atomic mass is 10.0. The third-order valence-corrected chi connectivity index (χ3v) is 4.06. The van der Waals surface area contributed by atoms with Gasteiger partial charge in [-0.3, -0.25) is 0 Å². The Kier molecular flexibility index (Phi) is 3.05. The summed E-state index contributed by atoms with van der Waals surface area (Å²) in [6.07, 6.45) is 0. The molecule has 0 saturated heterocycles. The Labute approximate surface area is 119 Å². The van der Waals surface area contributed by atoms with Gasteiger partial charge in [0.2, 0.25) is 0 Å². The fourth-order valence-corrected chi connectivity index (χ4v) is 2.93. The summed E-state index contributed by atoms with van der Waals surface area (Å²) in [7, 11) is 0. The van der Waals surface area contributed by atoms with Gasteiger partial charge >= 0.3 is 0 Å². The summed E-state index contributed by atoms with van der Waals surface area (Å²) in [6.45, 7) is 2.04. The fourth-order valence-electron chi connectivity index (χ4n) is 1.97. The maximum atomic E-state index is 5.93. The molecule has 1 aromatic carbocycles. The van der Waals surface area contributed by atoms with E-state index >= 15 is 0 Å². The molecule has 0 amide bonds. The quantitative estimate of drug-likeness (QED) is 0.749. The van der Waals surface area contributed by atoms with Crippen LogP contribution in [0.15, 0.2) is 39.5 Å². The summed E-state index contributed by atoms with van der Waals surface area (Å²) in [4.78, 5) is 0. The van der Waals surface area contributed by atoms with Gasteiger partial charge in [-0.25, -0.2) is 0 Å². The average Bonchev–Trinajstić information content (AvgIpc) is 2.97. The summed E-state index contributed by atoms with van der Waals surface area (Å²) >= 11 is 7.54. The predicted molar refractivity (Wildman–Crippen MR) is 79.4 cm³/mol. The van der Waals surface area contributed by atoms with Crippen molar-refractivity contribution < 1.29 is 4.52 Å². The Morgan fingerprint density at radius 3 is 2.58 bits per heavy atom. The van der Waals surface area contributed by atoms with Crippen molar-refractivity contribution in [2.24, 2.45) is 0 Å². The van der Waals surface area contributed by atoms with Gasteiger partial charge in [-0.2, -0.15) is 11.3 Å². The van der Waals surface area contributed by atoms with Gasteiger partial charge in [-0.05, 0) is 35.6 Å². The first kappa shape index (κ1) is 12.3. The summed E-state index contributed by atoms with van der Waals surface area (Å²) in [6, 6.07) is 7.48. The highest BCUT2D eigenvalue weighted by Gasteiger charge is 2.19. The van der Waals surface area contributed by atoms with Crippen LogP contribution in [-0.4, -0.2) is 5.16 Å². The van der Waals surface area contributed by atoms with Crippen LogP contribution < -0.4 is 5.73 Å². The van der Waals surface area contributed by atoms with Crippen molar-refractivity contribution in [2.75, 3.05) is 5.73 Å². The molecule has 0 saturated carbocycles. The first-order valence-electron chi connectivity index (χ1n) is 5.71. The third-order valence-electron chi connectivity index (χ3n) is 2.95. The second kappa shape index (κ2) is 4.72. The number of nitrogens with two attached hydrogens (primary N) is 1. The molecule has 0 aliphatic heterocycles. The third kappa shape index (κ3) is 2.13.